The molecule has 0 saturated carbocycles. The molecule has 0 aliphatic carbocycles. The number of nitrogens with zero attached hydrogens (tertiary/aromatic N) is 2. The monoisotopic (exact) mass is 375 g/mol. The lowest BCUT2D eigenvalue weighted by Gasteiger charge is -2.26. The first-order valence-electron chi connectivity index (χ1n) is 8.32. The average molecular weight is 376 g/mol. The molecular formula is C18H31Cl2N3O. The Morgan fingerprint density at radius 3 is 2.38 bits per heavy atom. The Hall–Kier alpha value is -0.970. The molecule has 1 amide bonds. The summed E-state index contributed by atoms with van der Waals surface area (Å²) < 4.78 is 0. The highest BCUT2D eigenvalue weighted by atomic mass is 35.5. The highest BCUT2D eigenvalue weighted by molar-refractivity contribution is 5.85. The quantitative estimate of drug-likeness (QED) is 0.827. The number of likely N-dealkylation sites (N-methyl/N-ethyl adjacent to an activating group) is 1. The zero-order chi connectivity index (χ0) is 16.1. The molecule has 2 N–H and O–H groups in total. The molecule has 1 atom stereocenters. The van der Waals surface area contributed by atoms with Crippen LogP contribution >= 0.6 is 24.8 Å². The second kappa shape index (κ2) is 10.8. The standard InChI is InChI=1S/C18H29N3O.2ClH/c1-14(2)12-16(19)18(22)20(3)13-15-8-4-5-9-17(15)21-10-6-7-11-21;;/h4-5,8-9,14,16H,6-7,10-13,19H2,1-3H3;2*1H/t16-;;/m0../s1. The summed E-state index contributed by atoms with van der Waals surface area (Å²) in [5.41, 5.74) is 8.50. The van der Waals surface area contributed by atoms with Crippen molar-refractivity contribution in [3.8, 4) is 0 Å². The van der Waals surface area contributed by atoms with Crippen molar-refractivity contribution in [2.75, 3.05) is 25.0 Å². The van der Waals surface area contributed by atoms with Crippen LogP contribution in [-0.2, 0) is 11.3 Å². The highest BCUT2D eigenvalue weighted by Gasteiger charge is 2.21. The number of halogens is 2. The third-order valence-electron chi connectivity index (χ3n) is 4.26. The number of benzene rings is 1. The van der Waals surface area contributed by atoms with Crippen molar-refractivity contribution in [3.05, 3.63) is 29.8 Å². The van der Waals surface area contributed by atoms with Crippen LogP contribution in [0.2, 0.25) is 0 Å². The van der Waals surface area contributed by atoms with Gasteiger partial charge in [-0.25, -0.2) is 0 Å². The normalized spacial score (nSPS) is 14.8. The van der Waals surface area contributed by atoms with Crippen molar-refractivity contribution >= 4 is 36.4 Å². The van der Waals surface area contributed by atoms with Crippen LogP contribution in [0.1, 0.15) is 38.7 Å². The van der Waals surface area contributed by atoms with E-state index in [0.717, 1.165) is 19.5 Å². The van der Waals surface area contributed by atoms with Crippen molar-refractivity contribution in [1.82, 2.24) is 4.90 Å². The topological polar surface area (TPSA) is 49.6 Å². The molecule has 1 aromatic rings. The predicted octanol–water partition coefficient (Wildman–Crippen LogP) is 3.46. The van der Waals surface area contributed by atoms with Crippen molar-refractivity contribution < 1.29 is 4.79 Å². The molecule has 0 radical (unpaired) electrons. The van der Waals surface area contributed by atoms with Gasteiger partial charge in [-0.05, 0) is 36.8 Å². The SMILES string of the molecule is CC(C)C[C@H](N)C(=O)N(C)Cc1ccccc1N1CCCC1.Cl.Cl. The molecule has 1 saturated heterocycles. The van der Waals surface area contributed by atoms with E-state index in [1.54, 1.807) is 4.90 Å². The third-order valence-corrected chi connectivity index (χ3v) is 4.26. The zero-order valence-corrected chi connectivity index (χ0v) is 16.5. The maximum atomic E-state index is 12.4. The molecule has 138 valence electrons. The molecular weight excluding hydrogens is 345 g/mol. The van der Waals surface area contributed by atoms with Gasteiger partial charge in [0.2, 0.25) is 5.91 Å². The van der Waals surface area contributed by atoms with Gasteiger partial charge in [0, 0.05) is 32.4 Å². The Kier molecular flexibility index (Phi) is 10.4. The Balaban J connectivity index is 0.00000264. The smallest absolute Gasteiger partial charge is 0.239 e. The van der Waals surface area contributed by atoms with Gasteiger partial charge in [-0.1, -0.05) is 32.0 Å². The van der Waals surface area contributed by atoms with Gasteiger partial charge >= 0.3 is 0 Å². The van der Waals surface area contributed by atoms with Crippen LogP contribution in [-0.4, -0.2) is 37.0 Å². The van der Waals surface area contributed by atoms with Gasteiger partial charge in [0.25, 0.3) is 0 Å². The summed E-state index contributed by atoms with van der Waals surface area (Å²) in [6, 6.07) is 7.99. The van der Waals surface area contributed by atoms with E-state index >= 15 is 0 Å². The van der Waals surface area contributed by atoms with E-state index in [4.69, 9.17) is 5.73 Å². The number of hydrogen-bond donors (Lipinski definition) is 1. The number of amides is 1. The molecule has 1 aliphatic heterocycles. The van der Waals surface area contributed by atoms with Crippen LogP contribution in [0.3, 0.4) is 0 Å². The fourth-order valence-electron chi connectivity index (χ4n) is 3.14. The number of hydrogen-bond acceptors (Lipinski definition) is 3. The summed E-state index contributed by atoms with van der Waals surface area (Å²) in [5, 5.41) is 0. The predicted molar refractivity (Wildman–Crippen MR) is 106 cm³/mol. The number of carbonyl (C=O) groups is 1. The van der Waals surface area contributed by atoms with Gasteiger partial charge in [-0.3, -0.25) is 4.79 Å². The van der Waals surface area contributed by atoms with E-state index in [0.29, 0.717) is 12.5 Å². The molecule has 0 spiro atoms. The van der Waals surface area contributed by atoms with Crippen LogP contribution in [0, 0.1) is 5.92 Å². The minimum absolute atomic E-state index is 0. The summed E-state index contributed by atoms with van der Waals surface area (Å²) in [5.74, 6) is 0.467. The van der Waals surface area contributed by atoms with Gasteiger partial charge < -0.3 is 15.5 Å². The molecule has 6 heteroatoms. The Bertz CT molecular complexity index is 505. The number of para-hydroxylation sites is 1. The minimum Gasteiger partial charge on any atom is -0.371 e. The number of carbonyl (C=O) groups excluding carboxylic acids is 1. The Labute approximate surface area is 158 Å². The summed E-state index contributed by atoms with van der Waals surface area (Å²) in [6.07, 6.45) is 3.24. The molecule has 1 fully saturated rings. The number of anilines is 1. The van der Waals surface area contributed by atoms with Crippen LogP contribution in [0.4, 0.5) is 5.69 Å². The lowest BCUT2D eigenvalue weighted by Crippen LogP contribution is -2.42. The average Bonchev–Trinajstić information content (AvgIpc) is 3.00. The maximum Gasteiger partial charge on any atom is 0.239 e. The number of rotatable bonds is 6. The van der Waals surface area contributed by atoms with Crippen molar-refractivity contribution in [2.45, 2.75) is 45.7 Å². The minimum atomic E-state index is -0.399. The van der Waals surface area contributed by atoms with E-state index in [-0.39, 0.29) is 30.7 Å². The van der Waals surface area contributed by atoms with E-state index in [1.807, 2.05) is 13.1 Å². The fraction of sp³-hybridized carbons (Fsp3) is 0.611. The van der Waals surface area contributed by atoms with Crippen LogP contribution in [0.15, 0.2) is 24.3 Å². The zero-order valence-electron chi connectivity index (χ0n) is 14.9. The summed E-state index contributed by atoms with van der Waals surface area (Å²) >= 11 is 0. The molecule has 2 rings (SSSR count). The maximum absolute atomic E-state index is 12.4. The molecule has 1 heterocycles. The largest absolute Gasteiger partial charge is 0.371 e. The molecule has 4 nitrogen and oxygen atoms in total. The molecule has 0 bridgehead atoms. The Morgan fingerprint density at radius 1 is 1.21 bits per heavy atom. The summed E-state index contributed by atoms with van der Waals surface area (Å²) in [6.45, 7) is 7.03. The van der Waals surface area contributed by atoms with Crippen molar-refractivity contribution in [2.24, 2.45) is 11.7 Å². The highest BCUT2D eigenvalue weighted by Crippen LogP contribution is 2.25. The van der Waals surface area contributed by atoms with Gasteiger partial charge in [0.15, 0.2) is 0 Å². The first-order chi connectivity index (χ1) is 10.5. The fourth-order valence-corrected chi connectivity index (χ4v) is 3.14. The van der Waals surface area contributed by atoms with Gasteiger partial charge in [0.1, 0.15) is 0 Å². The first-order valence-corrected chi connectivity index (χ1v) is 8.32. The van der Waals surface area contributed by atoms with Crippen LogP contribution < -0.4 is 10.6 Å². The first kappa shape index (κ1) is 23.0. The van der Waals surface area contributed by atoms with Gasteiger partial charge in [0.05, 0.1) is 6.04 Å². The molecule has 0 unspecified atom stereocenters. The lowest BCUT2D eigenvalue weighted by molar-refractivity contribution is -0.132. The molecule has 1 aliphatic rings. The van der Waals surface area contributed by atoms with E-state index < -0.39 is 6.04 Å². The third kappa shape index (κ3) is 6.15. The molecule has 0 aromatic heterocycles. The van der Waals surface area contributed by atoms with Gasteiger partial charge in [-0.15, -0.1) is 24.8 Å². The van der Waals surface area contributed by atoms with Crippen LogP contribution in [0.25, 0.3) is 0 Å². The van der Waals surface area contributed by atoms with E-state index in [2.05, 4.69) is 36.9 Å². The second-order valence-electron chi connectivity index (χ2n) is 6.75. The van der Waals surface area contributed by atoms with Gasteiger partial charge in [-0.2, -0.15) is 0 Å². The van der Waals surface area contributed by atoms with Crippen LogP contribution in [0.5, 0.6) is 0 Å². The molecule has 1 aromatic carbocycles. The van der Waals surface area contributed by atoms with E-state index in [1.165, 1.54) is 24.1 Å². The Morgan fingerprint density at radius 2 is 1.79 bits per heavy atom. The lowest BCUT2D eigenvalue weighted by atomic mass is 10.0. The van der Waals surface area contributed by atoms with Crippen molar-refractivity contribution in [1.29, 1.82) is 0 Å². The van der Waals surface area contributed by atoms with Crippen molar-refractivity contribution in [3.63, 3.8) is 0 Å². The second-order valence-corrected chi connectivity index (χ2v) is 6.75. The summed E-state index contributed by atoms with van der Waals surface area (Å²) in [4.78, 5) is 16.6. The van der Waals surface area contributed by atoms with E-state index in [9.17, 15) is 4.79 Å². The number of nitrogens with two attached hydrogens (primary N) is 1. The summed E-state index contributed by atoms with van der Waals surface area (Å²) in [7, 11) is 1.85. The molecule has 24 heavy (non-hydrogen) atoms.